The van der Waals surface area contributed by atoms with Gasteiger partial charge in [0.1, 0.15) is 0 Å². The van der Waals surface area contributed by atoms with Crippen LogP contribution in [0.15, 0.2) is 18.2 Å². The first kappa shape index (κ1) is 21.4. The van der Waals surface area contributed by atoms with Crippen LogP contribution >= 0.6 is 19.4 Å². The molecule has 1 amide bonds. The number of carbonyl (C=O) groups is 1. The average Bonchev–Trinajstić information content (AvgIpc) is 2.52. The normalized spacial score (nSPS) is 11.2. The van der Waals surface area contributed by atoms with Crippen molar-refractivity contribution < 1.29 is 27.4 Å². The van der Waals surface area contributed by atoms with Crippen LogP contribution in [0.5, 0.6) is 5.75 Å². The van der Waals surface area contributed by atoms with E-state index in [1.165, 1.54) is 0 Å². The van der Waals surface area contributed by atoms with Gasteiger partial charge in [-0.25, -0.2) is 0 Å². The Morgan fingerprint density at radius 2 is 2.17 bits per heavy atom. The minimum absolute atomic E-state index is 0.162. The number of alkyl carbamates (subject to hydrolysis) is 1. The molecule has 7 heteroatoms. The van der Waals surface area contributed by atoms with Crippen molar-refractivity contribution in [1.82, 2.24) is 5.32 Å². The quantitative estimate of drug-likeness (QED) is 0.248. The van der Waals surface area contributed by atoms with Gasteiger partial charge in [0.15, 0.2) is 0 Å². The van der Waals surface area contributed by atoms with Gasteiger partial charge < -0.3 is 0 Å². The molecule has 138 valence electrons. The third-order valence-electron chi connectivity index (χ3n) is 3.28. The van der Waals surface area contributed by atoms with Gasteiger partial charge in [0.05, 0.1) is 0 Å². The number of benzene rings is 1. The van der Waals surface area contributed by atoms with Crippen molar-refractivity contribution in [1.29, 1.82) is 0 Å². The van der Waals surface area contributed by atoms with Gasteiger partial charge >= 0.3 is 158 Å². The van der Waals surface area contributed by atoms with E-state index >= 15 is 0 Å². The molecule has 0 aliphatic heterocycles. The molecule has 0 atom stereocenters. The first-order chi connectivity index (χ1) is 11.3. The monoisotopic (exact) mass is 463 g/mol. The topological polar surface area (TPSA) is 41.0 Å². The number of hydrogen-bond donors (Lipinski definition) is 1. The molecule has 0 fully saturated rings. The van der Waals surface area contributed by atoms with Crippen LogP contribution in [0.1, 0.15) is 44.7 Å². The third kappa shape index (κ3) is 7.50. The van der Waals surface area contributed by atoms with Crippen molar-refractivity contribution >= 4 is 30.1 Å². The molecule has 0 aliphatic rings. The van der Waals surface area contributed by atoms with Gasteiger partial charge in [0.25, 0.3) is 0 Å². The zero-order valence-corrected chi connectivity index (χ0v) is 17.5. The molecule has 0 saturated carbocycles. The molecular formula is C17H25Cl2NO3Ru. The fourth-order valence-electron chi connectivity index (χ4n) is 1.91. The van der Waals surface area contributed by atoms with E-state index in [1.807, 2.05) is 36.7 Å². The summed E-state index contributed by atoms with van der Waals surface area (Å²) in [7, 11) is 16.0. The summed E-state index contributed by atoms with van der Waals surface area (Å²) in [6.45, 7) is 6.93. The van der Waals surface area contributed by atoms with E-state index in [0.717, 1.165) is 29.7 Å². The van der Waals surface area contributed by atoms with E-state index in [2.05, 4.69) is 23.7 Å². The summed E-state index contributed by atoms with van der Waals surface area (Å²) in [4.78, 5) is 11.6. The summed E-state index contributed by atoms with van der Waals surface area (Å²) in [5.74, 6) is 0.876. The standard InChI is InChI=1S/C17H25NO3.2ClH.Ru/c1-6-7-10-18-17(19)20-12-15-8-9-16(14(4)11-15)21(5)13(2)3;;;/h4,8-9,11,13H,5-7,10,12H2,1-3H3,(H,18,19);2*1H;/q;;;+2/p-2. The summed E-state index contributed by atoms with van der Waals surface area (Å²) in [5.41, 5.74) is 1.76. The van der Waals surface area contributed by atoms with Gasteiger partial charge in [0.2, 0.25) is 0 Å². The van der Waals surface area contributed by atoms with Crippen LogP contribution in [0.4, 0.5) is 4.79 Å². The molecular weight excluding hydrogens is 438 g/mol. The van der Waals surface area contributed by atoms with E-state index in [0.29, 0.717) is 6.54 Å². The number of nitrogens with one attached hydrogen (secondary N) is 1. The van der Waals surface area contributed by atoms with Gasteiger partial charge in [-0.1, -0.05) is 0 Å². The number of unbranched alkanes of at least 4 members (excludes halogenated alkanes) is 1. The summed E-state index contributed by atoms with van der Waals surface area (Å²) in [6.07, 6.45) is 1.72. The summed E-state index contributed by atoms with van der Waals surface area (Å²) in [6, 6.07) is 5.75. The van der Waals surface area contributed by atoms with E-state index in [9.17, 15) is 4.79 Å². The van der Waals surface area contributed by atoms with Crippen molar-refractivity contribution in [2.45, 2.75) is 46.3 Å². The predicted molar refractivity (Wildman–Crippen MR) is 97.4 cm³/mol. The van der Waals surface area contributed by atoms with Crippen molar-refractivity contribution in [2.75, 3.05) is 6.54 Å². The van der Waals surface area contributed by atoms with Crippen molar-refractivity contribution in [3.8, 4) is 5.75 Å². The number of rotatable bonds is 8. The van der Waals surface area contributed by atoms with Crippen LogP contribution < -0.4 is 5.32 Å². The molecule has 1 N–H and O–H groups in total. The summed E-state index contributed by atoms with van der Waals surface area (Å²) < 4.78 is 9.89. The predicted octanol–water partition coefficient (Wildman–Crippen LogP) is 5.25. The first-order valence-electron chi connectivity index (χ1n) is 7.74. The molecule has 0 radical (unpaired) electrons. The van der Waals surface area contributed by atoms with Crippen molar-refractivity contribution in [2.24, 2.45) is 0 Å². The molecule has 0 aliphatic carbocycles. The van der Waals surface area contributed by atoms with Crippen LogP contribution in [0.25, 0.3) is 0 Å². The Balaban J connectivity index is 2.83. The molecule has 0 saturated heterocycles. The second-order valence-electron chi connectivity index (χ2n) is 5.51. The van der Waals surface area contributed by atoms with Crippen LogP contribution in [-0.4, -0.2) is 23.4 Å². The molecule has 4 nitrogen and oxygen atoms in total. The number of halogens is 2. The molecule has 0 bridgehead atoms. The van der Waals surface area contributed by atoms with Gasteiger partial charge in [-0.2, -0.15) is 0 Å². The molecule has 0 aromatic heterocycles. The summed E-state index contributed by atoms with van der Waals surface area (Å²) in [5, 5.41) is 2.72. The van der Waals surface area contributed by atoms with Crippen molar-refractivity contribution in [3.63, 3.8) is 0 Å². The van der Waals surface area contributed by atoms with Gasteiger partial charge in [-0.05, 0) is 0 Å². The Bertz CT molecular complexity index is 575. The summed E-state index contributed by atoms with van der Waals surface area (Å²) >= 11 is -1.99. The number of amides is 1. The van der Waals surface area contributed by atoms with Gasteiger partial charge in [0, 0.05) is 0 Å². The Morgan fingerprint density at radius 1 is 1.46 bits per heavy atom. The maximum absolute atomic E-state index is 11.6. The molecule has 0 unspecified atom stereocenters. The first-order valence-corrected chi connectivity index (χ1v) is 13.2. The molecule has 1 aromatic carbocycles. The van der Waals surface area contributed by atoms with Crippen molar-refractivity contribution in [3.05, 3.63) is 36.4 Å². The van der Waals surface area contributed by atoms with Crippen LogP contribution in [0, 0.1) is 7.11 Å². The molecule has 24 heavy (non-hydrogen) atoms. The second-order valence-corrected chi connectivity index (χ2v) is 11.2. The van der Waals surface area contributed by atoms with Crippen LogP contribution in [-0.2, 0) is 29.2 Å². The molecule has 1 aromatic rings. The number of ether oxygens (including phenoxy) is 1. The zero-order chi connectivity index (χ0) is 18.1. The molecule has 0 heterocycles. The second kappa shape index (κ2) is 11.1. The van der Waals surface area contributed by atoms with E-state index < -0.39 is 19.6 Å². The Labute approximate surface area is 157 Å². The maximum atomic E-state index is 11.6. The van der Waals surface area contributed by atoms with Gasteiger partial charge in [-0.15, -0.1) is 0 Å². The Hall–Kier alpha value is -0.637. The minimum atomic E-state index is -1.99. The fraction of sp³-hybridized carbons (Fsp3) is 0.471. The van der Waals surface area contributed by atoms with E-state index in [1.54, 1.807) is 0 Å². The van der Waals surface area contributed by atoms with E-state index in [-0.39, 0.29) is 12.7 Å². The molecule has 1 rings (SSSR count). The Morgan fingerprint density at radius 3 is 2.75 bits per heavy atom. The SMILES string of the molecule is [CH2-][O+](c1ccc(COC(=O)NCCCC)cc1[CH]=[Ru]([Cl])[Cl])C(C)C. The van der Waals surface area contributed by atoms with Crippen LogP contribution in [0.3, 0.4) is 0 Å². The third-order valence-corrected chi connectivity index (χ3v) is 5.12. The average molecular weight is 463 g/mol. The number of carbonyl (C=O) groups excluding carboxylic acids is 1. The zero-order valence-electron chi connectivity index (χ0n) is 14.3. The Kier molecular flexibility index (Phi) is 9.87. The molecule has 0 spiro atoms. The van der Waals surface area contributed by atoms with E-state index in [4.69, 9.17) is 24.1 Å². The fourth-order valence-corrected chi connectivity index (χ4v) is 3.69. The van der Waals surface area contributed by atoms with Crippen LogP contribution in [0.2, 0.25) is 0 Å². The van der Waals surface area contributed by atoms with Gasteiger partial charge in [-0.3, -0.25) is 0 Å². The number of hydrogen-bond acceptors (Lipinski definition) is 2.